The van der Waals surface area contributed by atoms with Crippen molar-refractivity contribution in [3.8, 4) is 0 Å². The van der Waals surface area contributed by atoms with E-state index in [9.17, 15) is 31.9 Å². The lowest BCUT2D eigenvalue weighted by Crippen LogP contribution is -2.53. The molecule has 230 valence electrons. The lowest BCUT2D eigenvalue weighted by Gasteiger charge is -2.31. The summed E-state index contributed by atoms with van der Waals surface area (Å²) < 4.78 is 60.6. The number of benzene rings is 3. The number of sulfonamides is 1. The smallest absolute Gasteiger partial charge is 0.415 e. The van der Waals surface area contributed by atoms with Crippen LogP contribution in [0.2, 0.25) is 0 Å². The summed E-state index contributed by atoms with van der Waals surface area (Å²) in [5.74, 6) is -3.08. The molecule has 3 atom stereocenters. The van der Waals surface area contributed by atoms with Gasteiger partial charge in [0.05, 0.1) is 29.3 Å². The molecule has 0 aliphatic carbocycles. The summed E-state index contributed by atoms with van der Waals surface area (Å²) in [5, 5.41) is 14.1. The van der Waals surface area contributed by atoms with Crippen molar-refractivity contribution >= 4 is 33.4 Å². The fraction of sp³-hybridized carbons (Fsp3) is 0.333. The Hall–Kier alpha value is -4.07. The normalized spacial score (nSPS) is 16.8. The van der Waals surface area contributed by atoms with E-state index >= 15 is 0 Å². The van der Waals surface area contributed by atoms with Crippen molar-refractivity contribution in [1.82, 2.24) is 9.62 Å². The number of nitrogens with two attached hydrogens (primary N) is 1. The van der Waals surface area contributed by atoms with Crippen molar-refractivity contribution in [2.45, 2.75) is 43.4 Å². The molecule has 3 aromatic rings. The number of anilines is 2. The summed E-state index contributed by atoms with van der Waals surface area (Å²) in [6, 6.07) is 16.6. The first kappa shape index (κ1) is 31.9. The minimum atomic E-state index is -4.04. The molecule has 0 saturated carbocycles. The molecule has 1 aliphatic heterocycles. The molecule has 0 aromatic heterocycles. The summed E-state index contributed by atoms with van der Waals surface area (Å²) in [5.41, 5.74) is 6.90. The number of nitrogen functional groups attached to an aromatic ring is 1. The molecular formula is C30H34F2N4O6S. The minimum Gasteiger partial charge on any atom is -0.434 e. The number of aliphatic hydroxyl groups excluding tert-OH is 1. The topological polar surface area (TPSA) is 142 Å². The number of halogens is 2. The second kappa shape index (κ2) is 13.5. The van der Waals surface area contributed by atoms with Gasteiger partial charge in [-0.05, 0) is 54.3 Å². The number of aliphatic hydroxyl groups is 1. The monoisotopic (exact) mass is 616 g/mol. The molecule has 4 rings (SSSR count). The van der Waals surface area contributed by atoms with Crippen molar-refractivity contribution in [2.24, 2.45) is 5.92 Å². The van der Waals surface area contributed by atoms with Gasteiger partial charge < -0.3 is 20.9 Å². The third-order valence-corrected chi connectivity index (χ3v) is 8.73. The standard InChI is InChI=1S/C30H34F2N4O6S/c1-19(2)16-35(43(40,41)23-11-8-21(33)9-12-23)17-27(37)26(14-20-6-4-3-5-7-20)34-29(38)28-18-36(30(39)42-28)22-10-13-24(31)25(32)15-22/h3-13,15,19,26-28,37H,14,16-18,33H2,1-2H3,(H,34,38)/t26-,27+,28-/m0/s1. The predicted octanol–water partition coefficient (Wildman–Crippen LogP) is 3.31. The Morgan fingerprint density at radius 3 is 2.37 bits per heavy atom. The van der Waals surface area contributed by atoms with Crippen LogP contribution in [0.15, 0.2) is 77.7 Å². The maximum atomic E-state index is 13.8. The number of nitrogens with one attached hydrogen (secondary N) is 1. The zero-order chi connectivity index (χ0) is 31.3. The van der Waals surface area contributed by atoms with Gasteiger partial charge in [-0.1, -0.05) is 44.2 Å². The van der Waals surface area contributed by atoms with Crippen LogP contribution in [-0.4, -0.2) is 67.7 Å². The van der Waals surface area contributed by atoms with Crippen LogP contribution in [-0.2, 0) is 26.0 Å². The molecule has 0 radical (unpaired) electrons. The fourth-order valence-corrected chi connectivity index (χ4v) is 6.31. The molecule has 0 spiro atoms. The van der Waals surface area contributed by atoms with Gasteiger partial charge in [-0.15, -0.1) is 0 Å². The van der Waals surface area contributed by atoms with E-state index < -0.39 is 51.9 Å². The van der Waals surface area contributed by atoms with E-state index in [1.54, 1.807) is 24.3 Å². The van der Waals surface area contributed by atoms with Gasteiger partial charge in [0, 0.05) is 24.8 Å². The lowest BCUT2D eigenvalue weighted by atomic mass is 10.0. The van der Waals surface area contributed by atoms with E-state index in [4.69, 9.17) is 10.5 Å². The van der Waals surface area contributed by atoms with Crippen LogP contribution in [0.4, 0.5) is 25.0 Å². The molecule has 43 heavy (non-hydrogen) atoms. The maximum absolute atomic E-state index is 13.8. The van der Waals surface area contributed by atoms with Crippen LogP contribution in [0.5, 0.6) is 0 Å². The summed E-state index contributed by atoms with van der Waals surface area (Å²) in [6.45, 7) is 3.16. The van der Waals surface area contributed by atoms with Gasteiger partial charge in [0.2, 0.25) is 10.0 Å². The van der Waals surface area contributed by atoms with Crippen LogP contribution in [0, 0.1) is 17.6 Å². The van der Waals surface area contributed by atoms with Crippen molar-refractivity contribution in [2.75, 3.05) is 30.3 Å². The van der Waals surface area contributed by atoms with E-state index in [2.05, 4.69) is 5.32 Å². The number of carbonyl (C=O) groups is 2. The van der Waals surface area contributed by atoms with Gasteiger partial charge >= 0.3 is 6.09 Å². The molecule has 10 nitrogen and oxygen atoms in total. The Balaban J connectivity index is 1.55. The van der Waals surface area contributed by atoms with Crippen molar-refractivity contribution in [3.05, 3.63) is 90.0 Å². The summed E-state index contributed by atoms with van der Waals surface area (Å²) >= 11 is 0. The Morgan fingerprint density at radius 2 is 1.74 bits per heavy atom. The van der Waals surface area contributed by atoms with Crippen molar-refractivity contribution in [1.29, 1.82) is 0 Å². The molecule has 0 unspecified atom stereocenters. The van der Waals surface area contributed by atoms with Crippen LogP contribution in [0.25, 0.3) is 0 Å². The number of amides is 2. The largest absolute Gasteiger partial charge is 0.434 e. The molecular weight excluding hydrogens is 582 g/mol. The van der Waals surface area contributed by atoms with E-state index in [1.807, 2.05) is 19.9 Å². The average Bonchev–Trinajstić information content (AvgIpc) is 3.36. The van der Waals surface area contributed by atoms with Gasteiger partial charge in [-0.2, -0.15) is 4.31 Å². The zero-order valence-electron chi connectivity index (χ0n) is 23.7. The summed E-state index contributed by atoms with van der Waals surface area (Å²) in [4.78, 5) is 26.8. The molecule has 2 amide bonds. The molecule has 1 aliphatic rings. The lowest BCUT2D eigenvalue weighted by molar-refractivity contribution is -0.129. The molecule has 1 saturated heterocycles. The SMILES string of the molecule is CC(C)CN(C[C@@H](O)[C@H](Cc1ccccc1)NC(=O)[C@@H]1CN(c2ccc(F)c(F)c2)C(=O)O1)S(=O)(=O)c1ccc(N)cc1. The Morgan fingerprint density at radius 1 is 1.07 bits per heavy atom. The van der Waals surface area contributed by atoms with E-state index in [-0.39, 0.29) is 42.6 Å². The van der Waals surface area contributed by atoms with E-state index in [0.717, 1.165) is 22.6 Å². The number of cyclic esters (lactones) is 1. The van der Waals surface area contributed by atoms with Crippen LogP contribution >= 0.6 is 0 Å². The first-order valence-corrected chi connectivity index (χ1v) is 15.1. The fourth-order valence-electron chi connectivity index (χ4n) is 4.69. The number of rotatable bonds is 12. The van der Waals surface area contributed by atoms with Crippen LogP contribution in [0.3, 0.4) is 0 Å². The quantitative estimate of drug-likeness (QED) is 0.265. The molecule has 0 bridgehead atoms. The first-order chi connectivity index (χ1) is 20.3. The minimum absolute atomic E-state index is 0.00776. The van der Waals surface area contributed by atoms with Gasteiger partial charge in [-0.25, -0.2) is 22.0 Å². The number of hydrogen-bond donors (Lipinski definition) is 3. The van der Waals surface area contributed by atoms with Crippen LogP contribution < -0.4 is 16.0 Å². The number of ether oxygens (including phenoxy) is 1. The van der Waals surface area contributed by atoms with Gasteiger partial charge in [0.1, 0.15) is 0 Å². The highest BCUT2D eigenvalue weighted by molar-refractivity contribution is 7.89. The molecule has 3 aromatic carbocycles. The highest BCUT2D eigenvalue weighted by atomic mass is 32.2. The summed E-state index contributed by atoms with van der Waals surface area (Å²) in [7, 11) is -4.04. The summed E-state index contributed by atoms with van der Waals surface area (Å²) in [6.07, 6.45) is -3.48. The Kier molecular flexibility index (Phi) is 9.99. The number of carbonyl (C=O) groups excluding carboxylic acids is 2. The third kappa shape index (κ3) is 7.86. The third-order valence-electron chi connectivity index (χ3n) is 6.89. The number of nitrogens with zero attached hydrogens (tertiary/aromatic N) is 2. The Bertz CT molecular complexity index is 1540. The molecule has 1 heterocycles. The predicted molar refractivity (Wildman–Crippen MR) is 157 cm³/mol. The van der Waals surface area contributed by atoms with Crippen molar-refractivity contribution in [3.63, 3.8) is 0 Å². The van der Waals surface area contributed by atoms with Crippen molar-refractivity contribution < 1.29 is 36.6 Å². The van der Waals surface area contributed by atoms with E-state index in [1.165, 1.54) is 34.6 Å². The first-order valence-electron chi connectivity index (χ1n) is 13.7. The molecule has 13 heteroatoms. The van der Waals surface area contributed by atoms with E-state index in [0.29, 0.717) is 5.69 Å². The Labute approximate surface area is 249 Å². The van der Waals surface area contributed by atoms with Crippen LogP contribution in [0.1, 0.15) is 19.4 Å². The molecule has 1 fully saturated rings. The van der Waals surface area contributed by atoms with Gasteiger partial charge in [0.25, 0.3) is 5.91 Å². The average molecular weight is 617 g/mol. The second-order valence-electron chi connectivity index (χ2n) is 10.7. The van der Waals surface area contributed by atoms with Gasteiger partial charge in [-0.3, -0.25) is 9.69 Å². The molecule has 4 N–H and O–H groups in total. The highest BCUT2D eigenvalue weighted by Crippen LogP contribution is 2.24. The second-order valence-corrected chi connectivity index (χ2v) is 12.7. The number of hydrogen-bond acceptors (Lipinski definition) is 7. The maximum Gasteiger partial charge on any atom is 0.415 e. The zero-order valence-corrected chi connectivity index (χ0v) is 24.5. The highest BCUT2D eigenvalue weighted by Gasteiger charge is 2.39. The van der Waals surface area contributed by atoms with Gasteiger partial charge in [0.15, 0.2) is 17.7 Å².